The number of ether oxygens (including phenoxy) is 1. The van der Waals surface area contributed by atoms with Gasteiger partial charge in [0.2, 0.25) is 0 Å². The molecule has 164 valence electrons. The van der Waals surface area contributed by atoms with Crippen LogP contribution in [0.5, 0.6) is 0 Å². The molecule has 1 aliphatic carbocycles. The predicted molar refractivity (Wildman–Crippen MR) is 132 cm³/mol. The molecule has 1 fully saturated rings. The quantitative estimate of drug-likeness (QED) is 0.583. The van der Waals surface area contributed by atoms with E-state index in [9.17, 15) is 9.90 Å². The van der Waals surface area contributed by atoms with E-state index in [-0.39, 0.29) is 10.5 Å². The highest BCUT2D eigenvalue weighted by Crippen LogP contribution is 2.47. The Balaban J connectivity index is 1.59. The number of rotatable bonds is 5. The zero-order valence-corrected chi connectivity index (χ0v) is 19.0. The monoisotopic (exact) mass is 446 g/mol. The van der Waals surface area contributed by atoms with Gasteiger partial charge < -0.3 is 20.1 Å². The van der Waals surface area contributed by atoms with Crippen LogP contribution < -0.4 is 10.2 Å². The smallest absolute Gasteiger partial charge is 0.405 e. The Hall–Kier alpha value is -3.25. The van der Waals surface area contributed by atoms with Gasteiger partial charge in [-0.05, 0) is 54.7 Å². The average molecular weight is 447 g/mol. The van der Waals surface area contributed by atoms with E-state index in [1.54, 1.807) is 7.11 Å². The van der Waals surface area contributed by atoms with Gasteiger partial charge in [-0.15, -0.1) is 0 Å². The van der Waals surface area contributed by atoms with Crippen LogP contribution in [0.2, 0.25) is 0 Å². The topological polar surface area (TPSA) is 61.8 Å². The number of hydrogen-bond donors (Lipinski definition) is 2. The maximum absolute atomic E-state index is 11.3. The lowest BCUT2D eigenvalue weighted by Crippen LogP contribution is -2.50. The largest absolute Gasteiger partial charge is 0.494 e. The molecule has 0 spiro atoms. The van der Waals surface area contributed by atoms with Crippen molar-refractivity contribution in [3.05, 3.63) is 94.2 Å². The molecule has 5 nitrogen and oxygen atoms in total. The summed E-state index contributed by atoms with van der Waals surface area (Å²) < 4.78 is 5.96. The van der Waals surface area contributed by atoms with E-state index in [4.69, 9.17) is 4.74 Å². The predicted octanol–water partition coefficient (Wildman–Crippen LogP) is 5.65. The molecule has 2 aromatic carbocycles. The van der Waals surface area contributed by atoms with Crippen molar-refractivity contribution in [1.82, 2.24) is 5.32 Å². The van der Waals surface area contributed by atoms with Gasteiger partial charge in [0.25, 0.3) is 0 Å². The van der Waals surface area contributed by atoms with Crippen LogP contribution in [-0.2, 0) is 10.3 Å². The highest BCUT2D eigenvalue weighted by Gasteiger charge is 2.40. The molecule has 1 unspecified atom stereocenters. The molecule has 1 atom stereocenters. The standard InChI is InChI=1S/C26H26N2O3S/c1-31-24-21-13-16-32(2)22(21)17-28(23(24)18-7-4-3-5-8-18)20-11-9-19(10-12-20)26(14-6-15-26)27-25(29)30/h3-5,7-13,16-17,27H,6,14-15H2,1-2H3,(H,29,30). The number of anilines is 1. The second-order valence-electron chi connectivity index (χ2n) is 8.30. The molecule has 2 aromatic rings. The van der Waals surface area contributed by atoms with Crippen LogP contribution in [-0.4, -0.2) is 29.9 Å². The SMILES string of the molecule is COC1=C(c2ccccc2)N(c2ccc(C3(NC(=O)O)CCC3)cc2)C=C2C1=CC=S2C. The number of carboxylic acid groups (broad SMARTS) is 1. The summed E-state index contributed by atoms with van der Waals surface area (Å²) in [6, 6.07) is 18.5. The first-order chi connectivity index (χ1) is 15.5. The van der Waals surface area contributed by atoms with Crippen LogP contribution in [0, 0.1) is 0 Å². The van der Waals surface area contributed by atoms with Gasteiger partial charge in [-0.3, -0.25) is 0 Å². The van der Waals surface area contributed by atoms with Crippen molar-refractivity contribution in [2.75, 3.05) is 18.3 Å². The molecule has 5 rings (SSSR count). The lowest BCUT2D eigenvalue weighted by molar-refractivity contribution is 0.144. The fraction of sp³-hybridized carbons (Fsp3) is 0.231. The van der Waals surface area contributed by atoms with Crippen molar-refractivity contribution >= 4 is 33.3 Å². The number of carbonyl (C=O) groups is 1. The number of nitrogens with zero attached hydrogens (tertiary/aromatic N) is 1. The minimum atomic E-state index is -0.972. The fourth-order valence-electron chi connectivity index (χ4n) is 4.70. The normalized spacial score (nSPS) is 21.1. The minimum Gasteiger partial charge on any atom is -0.494 e. The zero-order valence-electron chi connectivity index (χ0n) is 18.2. The van der Waals surface area contributed by atoms with E-state index in [1.807, 2.05) is 18.2 Å². The van der Waals surface area contributed by atoms with Crippen molar-refractivity contribution < 1.29 is 14.6 Å². The van der Waals surface area contributed by atoms with Crippen molar-refractivity contribution in [3.63, 3.8) is 0 Å². The van der Waals surface area contributed by atoms with Crippen LogP contribution >= 0.6 is 10.5 Å². The Morgan fingerprint density at radius 3 is 2.44 bits per heavy atom. The van der Waals surface area contributed by atoms with Crippen LogP contribution in [0.4, 0.5) is 10.5 Å². The third-order valence-electron chi connectivity index (χ3n) is 6.50. The average Bonchev–Trinajstić information content (AvgIpc) is 3.16. The van der Waals surface area contributed by atoms with Crippen LogP contribution in [0.25, 0.3) is 5.70 Å². The summed E-state index contributed by atoms with van der Waals surface area (Å²) >= 11 is 0. The van der Waals surface area contributed by atoms with E-state index < -0.39 is 11.6 Å². The summed E-state index contributed by atoms with van der Waals surface area (Å²) in [5, 5.41) is 14.3. The van der Waals surface area contributed by atoms with Gasteiger partial charge in [-0.25, -0.2) is 4.79 Å². The first-order valence-electron chi connectivity index (χ1n) is 10.7. The molecule has 0 saturated heterocycles. The van der Waals surface area contributed by atoms with E-state index in [0.717, 1.165) is 53.1 Å². The summed E-state index contributed by atoms with van der Waals surface area (Å²) in [5.41, 5.74) is 4.79. The maximum atomic E-state index is 11.3. The van der Waals surface area contributed by atoms with Crippen LogP contribution in [0.1, 0.15) is 30.4 Å². The summed E-state index contributed by atoms with van der Waals surface area (Å²) in [5.74, 6) is 0.869. The molecule has 0 radical (unpaired) electrons. The number of amides is 1. The Morgan fingerprint density at radius 2 is 1.84 bits per heavy atom. The van der Waals surface area contributed by atoms with Crippen molar-refractivity contribution in [3.8, 4) is 0 Å². The summed E-state index contributed by atoms with van der Waals surface area (Å²) in [7, 11) is 1.75. The summed E-state index contributed by atoms with van der Waals surface area (Å²) in [6.45, 7) is 0. The van der Waals surface area contributed by atoms with Crippen molar-refractivity contribution in [2.45, 2.75) is 24.8 Å². The Kier molecular flexibility index (Phi) is 5.18. The highest BCUT2D eigenvalue weighted by atomic mass is 32.2. The summed E-state index contributed by atoms with van der Waals surface area (Å²) in [4.78, 5) is 14.8. The van der Waals surface area contributed by atoms with Gasteiger partial charge in [0.15, 0.2) is 5.76 Å². The molecule has 3 aliphatic rings. The van der Waals surface area contributed by atoms with E-state index >= 15 is 0 Å². The first kappa shape index (κ1) is 20.6. The molecule has 1 saturated carbocycles. The lowest BCUT2D eigenvalue weighted by Gasteiger charge is -2.42. The molecule has 2 N–H and O–H groups in total. The third kappa shape index (κ3) is 3.35. The van der Waals surface area contributed by atoms with Gasteiger partial charge in [0.05, 0.1) is 18.3 Å². The molecule has 1 amide bonds. The number of methoxy groups -OCH3 is 1. The molecule has 32 heavy (non-hydrogen) atoms. The van der Waals surface area contributed by atoms with E-state index in [2.05, 4.69) is 70.5 Å². The minimum absolute atomic E-state index is 0.0175. The number of benzene rings is 2. The highest BCUT2D eigenvalue weighted by molar-refractivity contribution is 8.18. The second-order valence-corrected chi connectivity index (χ2v) is 10.1. The van der Waals surface area contributed by atoms with Gasteiger partial charge in [0, 0.05) is 27.9 Å². The Morgan fingerprint density at radius 1 is 1.12 bits per heavy atom. The zero-order chi connectivity index (χ0) is 22.3. The number of nitrogens with one attached hydrogen (secondary N) is 1. The molecular formula is C26H26N2O3S. The maximum Gasteiger partial charge on any atom is 0.405 e. The number of allylic oxidation sites excluding steroid dienone is 2. The molecule has 2 aliphatic heterocycles. The molecule has 6 heteroatoms. The van der Waals surface area contributed by atoms with Gasteiger partial charge in [-0.2, -0.15) is 10.5 Å². The molecule has 2 heterocycles. The Labute approximate surface area is 190 Å². The molecular weight excluding hydrogens is 420 g/mol. The third-order valence-corrected chi connectivity index (χ3v) is 8.06. The van der Waals surface area contributed by atoms with Gasteiger partial charge in [-0.1, -0.05) is 42.5 Å². The van der Waals surface area contributed by atoms with Gasteiger partial charge >= 0.3 is 6.09 Å². The second kappa shape index (κ2) is 8.02. The molecule has 0 bridgehead atoms. The van der Waals surface area contributed by atoms with Gasteiger partial charge in [0.1, 0.15) is 0 Å². The Bertz CT molecular complexity index is 1190. The number of fused-ring (bicyclic) bond motifs is 1. The summed E-state index contributed by atoms with van der Waals surface area (Å²) in [6.07, 6.45) is 8.32. The number of hydrogen-bond acceptors (Lipinski definition) is 3. The van der Waals surface area contributed by atoms with Crippen LogP contribution in [0.15, 0.2) is 83.1 Å². The first-order valence-corrected chi connectivity index (χ1v) is 12.4. The van der Waals surface area contributed by atoms with Crippen molar-refractivity contribution in [1.29, 1.82) is 0 Å². The van der Waals surface area contributed by atoms with E-state index in [0.29, 0.717) is 0 Å². The lowest BCUT2D eigenvalue weighted by atomic mass is 9.72. The molecule has 0 aromatic heterocycles. The van der Waals surface area contributed by atoms with E-state index in [1.165, 1.54) is 4.91 Å². The van der Waals surface area contributed by atoms with Crippen LogP contribution in [0.3, 0.4) is 0 Å². The fourth-order valence-corrected chi connectivity index (χ4v) is 5.96. The van der Waals surface area contributed by atoms with Crippen molar-refractivity contribution in [2.24, 2.45) is 0 Å².